The lowest BCUT2D eigenvalue weighted by molar-refractivity contribution is 0.0462. The van der Waals surface area contributed by atoms with Gasteiger partial charge in [-0.1, -0.05) is 0 Å². The third-order valence-corrected chi connectivity index (χ3v) is 2.88. The highest BCUT2D eigenvalue weighted by Gasteiger charge is 2.11. The van der Waals surface area contributed by atoms with Gasteiger partial charge in [-0.2, -0.15) is 15.0 Å². The molecule has 2 rings (SSSR count). The van der Waals surface area contributed by atoms with Gasteiger partial charge < -0.3 is 20.1 Å². The molecule has 24 heavy (non-hydrogen) atoms. The Morgan fingerprint density at radius 1 is 1.17 bits per heavy atom. The molecular formula is C16H21N5O3. The largest absolute Gasteiger partial charge is 0.491 e. The molecule has 0 unspecified atom stereocenters. The van der Waals surface area contributed by atoms with E-state index in [0.717, 1.165) is 0 Å². The van der Waals surface area contributed by atoms with Gasteiger partial charge in [0.1, 0.15) is 5.75 Å². The molecule has 1 aromatic carbocycles. The normalized spacial score (nSPS) is 10.5. The maximum Gasteiger partial charge on any atom is 0.338 e. The number of carbonyl (C=O) groups is 1. The summed E-state index contributed by atoms with van der Waals surface area (Å²) in [7, 11) is 3.57. The number of hydrogen-bond acceptors (Lipinski definition) is 8. The predicted octanol–water partition coefficient (Wildman–Crippen LogP) is 1.66. The number of aromatic nitrogens is 3. The van der Waals surface area contributed by atoms with Crippen molar-refractivity contribution in [3.05, 3.63) is 35.7 Å². The van der Waals surface area contributed by atoms with E-state index >= 15 is 0 Å². The van der Waals surface area contributed by atoms with E-state index in [-0.39, 0.29) is 18.7 Å². The standard InChI is InChI=1S/C16H21N5O3/c1-10(2)24-12-7-5-11(6-8-12)14(22)23-9-13-18-15(17)20-16(19-13)21(3)4/h5-8,10H,9H2,1-4H3,(H2,17,18,19,20). The van der Waals surface area contributed by atoms with E-state index in [1.807, 2.05) is 13.8 Å². The van der Waals surface area contributed by atoms with Crippen molar-refractivity contribution in [2.24, 2.45) is 0 Å². The molecule has 0 aliphatic heterocycles. The van der Waals surface area contributed by atoms with Gasteiger partial charge in [0.15, 0.2) is 12.4 Å². The number of carbonyl (C=O) groups excluding carboxylic acids is 1. The van der Waals surface area contributed by atoms with E-state index in [1.165, 1.54) is 0 Å². The second-order valence-electron chi connectivity index (χ2n) is 5.57. The number of nitrogens with zero attached hydrogens (tertiary/aromatic N) is 4. The van der Waals surface area contributed by atoms with Crippen molar-refractivity contribution < 1.29 is 14.3 Å². The summed E-state index contributed by atoms with van der Waals surface area (Å²) in [4.78, 5) is 25.9. The van der Waals surface area contributed by atoms with Gasteiger partial charge in [0.25, 0.3) is 0 Å². The molecule has 0 bridgehead atoms. The number of ether oxygens (including phenoxy) is 2. The Hall–Kier alpha value is -2.90. The van der Waals surface area contributed by atoms with E-state index in [1.54, 1.807) is 43.3 Å². The van der Waals surface area contributed by atoms with Crippen molar-refractivity contribution in [3.63, 3.8) is 0 Å². The molecule has 0 saturated heterocycles. The van der Waals surface area contributed by atoms with Gasteiger partial charge in [0.2, 0.25) is 11.9 Å². The molecule has 8 nitrogen and oxygen atoms in total. The quantitative estimate of drug-likeness (QED) is 0.797. The van der Waals surface area contributed by atoms with Crippen molar-refractivity contribution in [1.29, 1.82) is 0 Å². The maximum atomic E-state index is 12.1. The Morgan fingerprint density at radius 2 is 1.83 bits per heavy atom. The fourth-order valence-electron chi connectivity index (χ4n) is 1.84. The summed E-state index contributed by atoms with van der Waals surface area (Å²) in [5.41, 5.74) is 6.05. The zero-order chi connectivity index (χ0) is 17.7. The average Bonchev–Trinajstić information content (AvgIpc) is 2.52. The Bertz CT molecular complexity index is 701. The van der Waals surface area contributed by atoms with Crippen LogP contribution in [0.25, 0.3) is 0 Å². The lowest BCUT2D eigenvalue weighted by Gasteiger charge is -2.12. The van der Waals surface area contributed by atoms with Crippen molar-refractivity contribution in [3.8, 4) is 5.75 Å². The third-order valence-electron chi connectivity index (χ3n) is 2.88. The molecule has 0 atom stereocenters. The molecule has 0 fully saturated rings. The summed E-state index contributed by atoms with van der Waals surface area (Å²) in [6.45, 7) is 3.78. The second kappa shape index (κ2) is 7.58. The molecule has 2 N–H and O–H groups in total. The first-order chi connectivity index (χ1) is 11.3. The number of anilines is 2. The predicted molar refractivity (Wildman–Crippen MR) is 89.9 cm³/mol. The van der Waals surface area contributed by atoms with Crippen LogP contribution in [0.5, 0.6) is 5.75 Å². The highest BCUT2D eigenvalue weighted by atomic mass is 16.5. The second-order valence-corrected chi connectivity index (χ2v) is 5.57. The summed E-state index contributed by atoms with van der Waals surface area (Å²) < 4.78 is 10.7. The van der Waals surface area contributed by atoms with E-state index in [4.69, 9.17) is 15.2 Å². The first-order valence-electron chi connectivity index (χ1n) is 7.46. The average molecular weight is 331 g/mol. The summed E-state index contributed by atoms with van der Waals surface area (Å²) in [5.74, 6) is 0.997. The Morgan fingerprint density at radius 3 is 2.42 bits per heavy atom. The molecule has 0 aliphatic rings. The number of benzene rings is 1. The zero-order valence-corrected chi connectivity index (χ0v) is 14.2. The highest BCUT2D eigenvalue weighted by Crippen LogP contribution is 2.15. The number of rotatable bonds is 6. The van der Waals surface area contributed by atoms with Gasteiger partial charge >= 0.3 is 5.97 Å². The molecular weight excluding hydrogens is 310 g/mol. The van der Waals surface area contributed by atoms with Crippen LogP contribution in [-0.4, -0.2) is 41.1 Å². The van der Waals surface area contributed by atoms with Gasteiger partial charge in [-0.25, -0.2) is 4.79 Å². The molecule has 1 heterocycles. The van der Waals surface area contributed by atoms with E-state index < -0.39 is 5.97 Å². The van der Waals surface area contributed by atoms with Crippen LogP contribution in [0.3, 0.4) is 0 Å². The minimum absolute atomic E-state index is 0.0722. The Balaban J connectivity index is 2.00. The minimum Gasteiger partial charge on any atom is -0.491 e. The first-order valence-corrected chi connectivity index (χ1v) is 7.46. The lowest BCUT2D eigenvalue weighted by Crippen LogP contribution is -2.17. The van der Waals surface area contributed by atoms with Crippen LogP contribution in [-0.2, 0) is 11.3 Å². The van der Waals surface area contributed by atoms with E-state index in [2.05, 4.69) is 15.0 Å². The minimum atomic E-state index is -0.475. The van der Waals surface area contributed by atoms with Crippen LogP contribution in [0.2, 0.25) is 0 Å². The van der Waals surface area contributed by atoms with E-state index in [9.17, 15) is 4.79 Å². The summed E-state index contributed by atoms with van der Waals surface area (Å²) >= 11 is 0. The van der Waals surface area contributed by atoms with Crippen molar-refractivity contribution >= 4 is 17.9 Å². The molecule has 8 heteroatoms. The molecule has 2 aromatic rings. The van der Waals surface area contributed by atoms with Crippen LogP contribution >= 0.6 is 0 Å². The van der Waals surface area contributed by atoms with Crippen LogP contribution in [0.15, 0.2) is 24.3 Å². The number of esters is 1. The molecule has 128 valence electrons. The van der Waals surface area contributed by atoms with Gasteiger partial charge in [-0.05, 0) is 38.1 Å². The SMILES string of the molecule is CC(C)Oc1ccc(C(=O)OCc2nc(N)nc(N(C)C)n2)cc1. The molecule has 1 aromatic heterocycles. The fourth-order valence-corrected chi connectivity index (χ4v) is 1.84. The van der Waals surface area contributed by atoms with Gasteiger partial charge in [0, 0.05) is 14.1 Å². The Labute approximate surface area is 140 Å². The van der Waals surface area contributed by atoms with Crippen LogP contribution < -0.4 is 15.4 Å². The Kier molecular flexibility index (Phi) is 5.51. The molecule has 0 radical (unpaired) electrons. The van der Waals surface area contributed by atoms with E-state index in [0.29, 0.717) is 23.1 Å². The van der Waals surface area contributed by atoms with Crippen LogP contribution in [0, 0.1) is 0 Å². The van der Waals surface area contributed by atoms with Gasteiger partial charge in [-0.3, -0.25) is 0 Å². The van der Waals surface area contributed by atoms with Gasteiger partial charge in [-0.15, -0.1) is 0 Å². The van der Waals surface area contributed by atoms with Crippen LogP contribution in [0.1, 0.15) is 30.0 Å². The van der Waals surface area contributed by atoms with Crippen molar-refractivity contribution in [2.75, 3.05) is 24.7 Å². The number of hydrogen-bond donors (Lipinski definition) is 1. The van der Waals surface area contributed by atoms with Gasteiger partial charge in [0.05, 0.1) is 11.7 Å². The first kappa shape index (κ1) is 17.5. The highest BCUT2D eigenvalue weighted by molar-refractivity contribution is 5.89. The molecule has 0 saturated carbocycles. The zero-order valence-electron chi connectivity index (χ0n) is 14.2. The monoisotopic (exact) mass is 331 g/mol. The fraction of sp³-hybridized carbons (Fsp3) is 0.375. The topological polar surface area (TPSA) is 103 Å². The van der Waals surface area contributed by atoms with Crippen molar-refractivity contribution in [2.45, 2.75) is 26.6 Å². The summed E-state index contributed by atoms with van der Waals surface area (Å²) in [6, 6.07) is 6.74. The maximum absolute atomic E-state index is 12.1. The summed E-state index contributed by atoms with van der Waals surface area (Å²) in [6.07, 6.45) is 0.0722. The van der Waals surface area contributed by atoms with Crippen molar-refractivity contribution in [1.82, 2.24) is 15.0 Å². The number of nitrogens with two attached hydrogens (primary N) is 1. The third kappa shape index (κ3) is 4.80. The molecule has 0 amide bonds. The van der Waals surface area contributed by atoms with Crippen LogP contribution in [0.4, 0.5) is 11.9 Å². The number of nitrogen functional groups attached to an aromatic ring is 1. The smallest absolute Gasteiger partial charge is 0.338 e. The summed E-state index contributed by atoms with van der Waals surface area (Å²) in [5, 5.41) is 0. The lowest BCUT2D eigenvalue weighted by atomic mass is 10.2. The molecule has 0 aliphatic carbocycles. The molecule has 0 spiro atoms.